The van der Waals surface area contributed by atoms with Crippen molar-refractivity contribution in [2.24, 2.45) is 0 Å². The highest BCUT2D eigenvalue weighted by molar-refractivity contribution is 7.90. The van der Waals surface area contributed by atoms with Crippen molar-refractivity contribution in [2.75, 3.05) is 0 Å². The van der Waals surface area contributed by atoms with E-state index in [-0.39, 0.29) is 0 Å². The first-order valence-corrected chi connectivity index (χ1v) is 24.7. The molecule has 0 saturated carbocycles. The zero-order valence-electron chi connectivity index (χ0n) is 42.1. The van der Waals surface area contributed by atoms with Crippen LogP contribution in [0.3, 0.4) is 0 Å². The summed E-state index contributed by atoms with van der Waals surface area (Å²) in [5.41, 5.74) is 0. The van der Waals surface area contributed by atoms with Gasteiger partial charge in [-0.15, -0.1) is 0 Å². The minimum Gasteiger partial charge on any atom is -0.302 e. The summed E-state index contributed by atoms with van der Waals surface area (Å²) in [7, 11) is -34.6. The Hall–Kier alpha value is -4.27. The van der Waals surface area contributed by atoms with Crippen LogP contribution in [0.4, 0.5) is 263 Å². The van der Waals surface area contributed by atoms with Crippen LogP contribution in [0.1, 0.15) is 0 Å². The van der Waals surface area contributed by atoms with Crippen LogP contribution >= 0.6 is 7.82 Å². The van der Waals surface area contributed by atoms with Gasteiger partial charge in [0, 0.05) is 0 Å². The van der Waals surface area contributed by atoms with E-state index in [1.165, 1.54) is 0 Å². The molecule has 0 rings (SSSR count). The molecule has 10 nitrogen and oxygen atoms in total. The minimum atomic E-state index is -12.0. The lowest BCUT2D eigenvalue weighted by molar-refractivity contribution is -0.472. The predicted molar refractivity (Wildman–Crippen MR) is 176 cm³/mol. The summed E-state index contributed by atoms with van der Waals surface area (Å²) in [6.45, 7) is 0. The second-order valence-corrected chi connectivity index (χ2v) is 22.6. The largest absolute Gasteiger partial charge is 0.482 e. The predicted octanol–water partition coefficient (Wildman–Crippen LogP) is 17.5. The smallest absolute Gasteiger partial charge is 0.302 e. The molecule has 0 bridgehead atoms. The summed E-state index contributed by atoms with van der Waals surface area (Å²) < 4.78 is 881. The number of sulfonamides is 2. The topological polar surface area (TPSA) is 131 Å². The number of alkyl halides is 60. The van der Waals surface area contributed by atoms with Gasteiger partial charge in [0.05, 0.1) is 0 Å². The highest BCUT2D eigenvalue weighted by atomic mass is 32.2. The highest BCUT2D eigenvalue weighted by Gasteiger charge is 3.02. The number of phosphoric ester groups is 1. The Morgan fingerprint density at radius 2 is 0.337 bits per heavy atom. The van der Waals surface area contributed by atoms with Crippen LogP contribution in [-0.2, 0) is 33.7 Å². The Kier molecular flexibility index (Phi) is 22.9. The third kappa shape index (κ3) is 12.5. The normalized spacial score (nSPS) is 17.4. The van der Waals surface area contributed by atoms with Gasteiger partial charge in [-0.25, -0.2) is 30.4 Å². The van der Waals surface area contributed by atoms with E-state index >= 15 is 0 Å². The third-order valence-electron chi connectivity index (χ3n) is 11.0. The van der Waals surface area contributed by atoms with Crippen LogP contribution < -0.4 is 0 Å². The number of nitrogens with zero attached hydrogens (tertiary/aromatic N) is 2. The molecule has 0 amide bonds. The van der Waals surface area contributed by atoms with Crippen molar-refractivity contribution >= 4 is 27.9 Å². The van der Waals surface area contributed by atoms with Gasteiger partial charge >= 0.3 is 174 Å². The second-order valence-electron chi connectivity index (χ2n) is 17.6. The van der Waals surface area contributed by atoms with E-state index in [0.717, 1.165) is 9.05 Å². The molecule has 0 saturated heterocycles. The molecular formula is C28HF60N2O8PS2. The van der Waals surface area contributed by atoms with Gasteiger partial charge < -0.3 is 4.89 Å². The average molecular weight is 1730 g/mol. The summed E-state index contributed by atoms with van der Waals surface area (Å²) in [5, 5.41) is -21.7. The maximum absolute atomic E-state index is 15.0. The Morgan fingerprint density at radius 1 is 0.208 bits per heavy atom. The maximum Gasteiger partial charge on any atom is 0.482 e. The van der Waals surface area contributed by atoms with Crippen LogP contribution in [0.25, 0.3) is 0 Å². The Labute approximate surface area is 502 Å². The number of hydrogen-bond acceptors (Lipinski definition) is 7. The lowest BCUT2D eigenvalue weighted by atomic mass is 9.87. The molecule has 0 aromatic carbocycles. The summed E-state index contributed by atoms with van der Waals surface area (Å²) in [5.74, 6) is -166. The van der Waals surface area contributed by atoms with Crippen LogP contribution in [0.5, 0.6) is 0 Å². The quantitative estimate of drug-likeness (QED) is 0.0427. The molecule has 0 aliphatic carbocycles. The van der Waals surface area contributed by atoms with Crippen LogP contribution in [-0.4, -0.2) is 197 Å². The first kappa shape index (κ1) is 96.7. The average Bonchev–Trinajstić information content (AvgIpc) is 0.686. The van der Waals surface area contributed by atoms with E-state index in [1.54, 1.807) is 0 Å². The fourth-order valence-electron chi connectivity index (χ4n) is 5.48. The Bertz CT molecular complexity index is 3100. The zero-order chi connectivity index (χ0) is 84.1. The Morgan fingerprint density at radius 3 is 0.465 bits per heavy atom. The zero-order valence-corrected chi connectivity index (χ0v) is 44.7. The SMILES string of the molecule is O=P(O)(OC(F)(F)C(F)(F)N(C(F)(F)C(F)(F)F)S(=O)(=O)C(F)(F)C(F)(F)C(F)(F)C(F)(F)C(F)(F)C(F)(F)C(F)(F)C(F)(F)C(F)(F)C(F)(F)F)OC(F)(F)C(F)(F)N(C(F)(F)C(F)(F)F)S(=O)(=O)C(F)(F)C(F)(F)C(F)(F)C(F)(F)C(F)(F)C(F)(F)C(F)(F)C(F)(F)C(F)(F)C(F)(F)F. The summed E-state index contributed by atoms with van der Waals surface area (Å²) in [6.07, 6.45) is -56.8. The van der Waals surface area contributed by atoms with Crippen LogP contribution in [0.15, 0.2) is 0 Å². The van der Waals surface area contributed by atoms with Crippen molar-refractivity contribution in [3.63, 3.8) is 0 Å². The molecule has 0 aliphatic rings. The van der Waals surface area contributed by atoms with E-state index < -0.39 is 203 Å². The molecule has 101 heavy (non-hydrogen) atoms. The first-order chi connectivity index (χ1) is 42.1. The highest BCUT2D eigenvalue weighted by Crippen LogP contribution is 2.72. The van der Waals surface area contributed by atoms with Crippen molar-refractivity contribution < 1.29 is 299 Å². The van der Waals surface area contributed by atoms with Gasteiger partial charge in [-0.1, -0.05) is 8.61 Å². The third-order valence-corrected chi connectivity index (χ3v) is 15.6. The fourth-order valence-corrected chi connectivity index (χ4v) is 9.31. The molecule has 0 fully saturated rings. The number of phosphoric acid groups is 1. The molecule has 73 heteroatoms. The van der Waals surface area contributed by atoms with Crippen molar-refractivity contribution in [3.05, 3.63) is 0 Å². The van der Waals surface area contributed by atoms with Crippen molar-refractivity contribution in [1.29, 1.82) is 0 Å². The van der Waals surface area contributed by atoms with Crippen LogP contribution in [0, 0.1) is 0 Å². The summed E-state index contributed by atoms with van der Waals surface area (Å²) in [4.78, 5) is 8.81. The van der Waals surface area contributed by atoms with Crippen molar-refractivity contribution in [2.45, 2.75) is 166 Å². The molecule has 0 atom stereocenters. The van der Waals surface area contributed by atoms with Gasteiger partial charge in [-0.05, 0) is 0 Å². The van der Waals surface area contributed by atoms with Gasteiger partial charge in [0.25, 0.3) is 20.0 Å². The molecule has 0 aromatic heterocycles. The van der Waals surface area contributed by atoms with Gasteiger partial charge in [-0.2, -0.15) is 263 Å². The van der Waals surface area contributed by atoms with Gasteiger partial charge in [0.1, 0.15) is 0 Å². The lowest BCUT2D eigenvalue weighted by Gasteiger charge is -2.45. The number of rotatable bonds is 30. The molecule has 0 spiro atoms. The molecule has 0 heterocycles. The molecule has 0 radical (unpaired) electrons. The van der Waals surface area contributed by atoms with Crippen molar-refractivity contribution in [3.8, 4) is 0 Å². The first-order valence-electron chi connectivity index (χ1n) is 20.3. The molecule has 0 aromatic rings. The van der Waals surface area contributed by atoms with Gasteiger partial charge in [-0.3, -0.25) is 0 Å². The molecule has 1 N–H and O–H groups in total. The van der Waals surface area contributed by atoms with E-state index in [9.17, 15) is 285 Å². The number of hydrogen-bond donors (Lipinski definition) is 1. The summed E-state index contributed by atoms with van der Waals surface area (Å²) >= 11 is 0. The fraction of sp³-hybridized carbons (Fsp3) is 1.00. The second kappa shape index (κ2) is 23.9. The van der Waals surface area contributed by atoms with Gasteiger partial charge in [0.15, 0.2) is 0 Å². The monoisotopic (exact) mass is 1730 g/mol. The Balaban J connectivity index is 8.87. The molecular weight excluding hydrogens is 1730 g/mol. The molecule has 0 unspecified atom stereocenters. The molecule has 0 aliphatic heterocycles. The lowest BCUT2D eigenvalue weighted by Crippen LogP contribution is -2.78. The van der Waals surface area contributed by atoms with E-state index in [0.29, 0.717) is 0 Å². The molecule has 608 valence electrons. The minimum absolute atomic E-state index is 0.761. The van der Waals surface area contributed by atoms with Gasteiger partial charge in [0.2, 0.25) is 0 Å². The van der Waals surface area contributed by atoms with Crippen LogP contribution in [0.2, 0.25) is 0 Å². The van der Waals surface area contributed by atoms with E-state index in [4.69, 9.17) is 4.89 Å². The van der Waals surface area contributed by atoms with Crippen molar-refractivity contribution in [1.82, 2.24) is 8.61 Å². The van der Waals surface area contributed by atoms with E-state index in [2.05, 4.69) is 0 Å². The number of halogens is 60. The standard InChI is InChI=1S/C28HF60N2O8PS2/c29-1(30,5(37,38)9(45,46)13(53,54)17(61,62)63)3(33,34)7(41,42)11(49,50)15(57,58)27(85,86)100(93,94)89(21(73,74)19(67,68)69)23(77,78)25(81,82)97-99(91,92)98-26(83,84)24(79,80)90(22(75,76)20(70,71)72)101(95,96)28(87,88)16(59,60)12(51,52)8(43,44)4(35,36)2(31,32)6(39,40)10(47,48)14(55,56)18(64,65)66/h(H,91,92). The maximum atomic E-state index is 15.0. The summed E-state index contributed by atoms with van der Waals surface area (Å²) in [6, 6.07) is -41.4. The van der Waals surface area contributed by atoms with E-state index in [1.807, 2.05) is 0 Å².